The van der Waals surface area contributed by atoms with Crippen LogP contribution in [0.25, 0.3) is 0 Å². The van der Waals surface area contributed by atoms with Crippen molar-refractivity contribution in [2.75, 3.05) is 6.61 Å². The van der Waals surface area contributed by atoms with Crippen molar-refractivity contribution in [3.63, 3.8) is 0 Å². The molecule has 0 aliphatic heterocycles. The van der Waals surface area contributed by atoms with Gasteiger partial charge in [-0.3, -0.25) is 9.59 Å². The Hall–Kier alpha value is -1.77. The molecular weight excluding hydrogens is 401 g/mol. The van der Waals surface area contributed by atoms with Gasteiger partial charge in [0, 0.05) is 22.3 Å². The zero-order valence-electron chi connectivity index (χ0n) is 16.8. The second-order valence-electron chi connectivity index (χ2n) is 9.55. The number of hydrogen-bond acceptors (Lipinski definition) is 5. The van der Waals surface area contributed by atoms with Crippen molar-refractivity contribution in [3.8, 4) is 0 Å². The van der Waals surface area contributed by atoms with E-state index in [1.165, 1.54) is 13.8 Å². The number of rotatable bonds is 2. The van der Waals surface area contributed by atoms with Gasteiger partial charge in [0.25, 0.3) is 0 Å². The molecule has 3 fully saturated rings. The lowest BCUT2D eigenvalue weighted by Crippen LogP contribution is -2.70. The van der Waals surface area contributed by atoms with E-state index < -0.39 is 82.2 Å². The fourth-order valence-corrected chi connectivity index (χ4v) is 6.89. The maximum absolute atomic E-state index is 16.8. The largest absolute Gasteiger partial charge is 0.390 e. The lowest BCUT2D eigenvalue weighted by Gasteiger charge is -2.62. The molecule has 0 saturated heterocycles. The quantitative estimate of drug-likeness (QED) is 0.588. The minimum absolute atomic E-state index is 0.00519. The van der Waals surface area contributed by atoms with Gasteiger partial charge in [-0.1, -0.05) is 19.6 Å². The molecule has 0 aromatic carbocycles. The summed E-state index contributed by atoms with van der Waals surface area (Å²) < 4.78 is 46.7. The van der Waals surface area contributed by atoms with Crippen LogP contribution in [-0.2, 0) is 9.59 Å². The van der Waals surface area contributed by atoms with Crippen LogP contribution in [0.3, 0.4) is 0 Å². The van der Waals surface area contributed by atoms with E-state index in [4.69, 9.17) is 0 Å². The molecule has 0 spiro atoms. The second-order valence-corrected chi connectivity index (χ2v) is 9.55. The Morgan fingerprint density at radius 3 is 2.57 bits per heavy atom. The third kappa shape index (κ3) is 2.10. The standard InChI is InChI=1S/C22H25F3O5/c1-10-6-11-12-7-13(23)17-18(24)14(27)4-5-19(17,2)21(12,25)15(28)8-20(11,3)22(10,30)16(29)9-26/h4-5,11-13,15,26,28,30H,1,6-9H2,2-3H3/t11-,12-,13?,15?,19-,20-,21-,22-/m0/s1. The van der Waals surface area contributed by atoms with E-state index in [0.29, 0.717) is 0 Å². The average Bonchev–Trinajstić information content (AvgIpc) is 2.88. The van der Waals surface area contributed by atoms with Gasteiger partial charge in [-0.25, -0.2) is 13.2 Å². The monoisotopic (exact) mass is 426 g/mol. The summed E-state index contributed by atoms with van der Waals surface area (Å²) in [6.07, 6.45) is -2.68. The van der Waals surface area contributed by atoms with Gasteiger partial charge >= 0.3 is 0 Å². The topological polar surface area (TPSA) is 94.8 Å². The van der Waals surface area contributed by atoms with Crippen LogP contribution in [0.4, 0.5) is 13.2 Å². The van der Waals surface area contributed by atoms with E-state index in [2.05, 4.69) is 6.58 Å². The summed E-state index contributed by atoms with van der Waals surface area (Å²) in [5.41, 5.74) is -8.55. The van der Waals surface area contributed by atoms with Crippen LogP contribution in [0.15, 0.2) is 35.7 Å². The number of halogens is 3. The number of Topliss-reactive ketones (excluding diaryl/α,β-unsaturated/α-hetero) is 1. The molecule has 164 valence electrons. The maximum Gasteiger partial charge on any atom is 0.213 e. The second kappa shape index (κ2) is 6.14. The molecule has 8 atom stereocenters. The van der Waals surface area contributed by atoms with E-state index in [0.717, 1.165) is 12.2 Å². The molecule has 3 saturated carbocycles. The Morgan fingerprint density at radius 2 is 1.97 bits per heavy atom. The molecule has 0 radical (unpaired) electrons. The first-order chi connectivity index (χ1) is 13.8. The smallest absolute Gasteiger partial charge is 0.213 e. The van der Waals surface area contributed by atoms with Crippen molar-refractivity contribution in [1.29, 1.82) is 0 Å². The number of allylic oxidation sites excluding steroid dienone is 4. The highest BCUT2D eigenvalue weighted by atomic mass is 19.2. The zero-order chi connectivity index (χ0) is 22.4. The van der Waals surface area contributed by atoms with E-state index in [9.17, 15) is 29.3 Å². The SMILES string of the molecule is C=C1C[C@H]2[C@@H]3CC(F)C4=C(F)C(=O)C=C[C@]4(C)[C@@]3(F)C(O)C[C@]2(C)[C@@]1(O)C(=O)CO. The van der Waals surface area contributed by atoms with Crippen LogP contribution in [0, 0.1) is 22.7 Å². The number of fused-ring (bicyclic) bond motifs is 5. The highest BCUT2D eigenvalue weighted by Crippen LogP contribution is 2.71. The van der Waals surface area contributed by atoms with Crippen LogP contribution < -0.4 is 0 Å². The fraction of sp³-hybridized carbons (Fsp3) is 0.636. The Labute approximate surface area is 172 Å². The minimum Gasteiger partial charge on any atom is -0.390 e. The van der Waals surface area contributed by atoms with Crippen molar-refractivity contribution in [2.45, 2.75) is 56.7 Å². The number of carbonyl (C=O) groups excluding carboxylic acids is 2. The van der Waals surface area contributed by atoms with Gasteiger partial charge in [-0.05, 0) is 43.8 Å². The molecule has 30 heavy (non-hydrogen) atoms. The summed E-state index contributed by atoms with van der Waals surface area (Å²) >= 11 is 0. The predicted molar refractivity (Wildman–Crippen MR) is 100 cm³/mol. The molecule has 0 heterocycles. The molecule has 2 unspecified atom stereocenters. The van der Waals surface area contributed by atoms with E-state index >= 15 is 8.78 Å². The highest BCUT2D eigenvalue weighted by Gasteiger charge is 2.76. The molecule has 3 N–H and O–H groups in total. The molecule has 4 aliphatic carbocycles. The fourth-order valence-electron chi connectivity index (χ4n) is 6.89. The van der Waals surface area contributed by atoms with Crippen LogP contribution in [0.1, 0.15) is 33.1 Å². The van der Waals surface area contributed by atoms with E-state index in [1.54, 1.807) is 0 Å². The number of hydrogen-bond donors (Lipinski definition) is 3. The molecule has 5 nitrogen and oxygen atoms in total. The first-order valence-corrected chi connectivity index (χ1v) is 10.00. The molecule has 0 aromatic heterocycles. The Morgan fingerprint density at radius 1 is 1.33 bits per heavy atom. The van der Waals surface area contributed by atoms with Crippen LogP contribution in [-0.4, -0.2) is 57.0 Å². The number of ketones is 2. The van der Waals surface area contributed by atoms with Crippen LogP contribution in [0.2, 0.25) is 0 Å². The van der Waals surface area contributed by atoms with Crippen molar-refractivity contribution in [1.82, 2.24) is 0 Å². The number of aliphatic hydroxyl groups excluding tert-OH is 2. The summed E-state index contributed by atoms with van der Waals surface area (Å²) in [7, 11) is 0. The lowest BCUT2D eigenvalue weighted by atomic mass is 9.44. The molecule has 0 amide bonds. The van der Waals surface area contributed by atoms with E-state index in [1.807, 2.05) is 0 Å². The van der Waals surface area contributed by atoms with Crippen LogP contribution >= 0.6 is 0 Å². The summed E-state index contributed by atoms with van der Waals surface area (Å²) in [5.74, 6) is -5.27. The maximum atomic E-state index is 16.8. The number of carbonyl (C=O) groups is 2. The third-order valence-electron chi connectivity index (χ3n) is 8.45. The molecule has 8 heteroatoms. The van der Waals surface area contributed by atoms with Crippen molar-refractivity contribution in [2.24, 2.45) is 22.7 Å². The highest BCUT2D eigenvalue weighted by molar-refractivity contribution is 6.04. The van der Waals surface area contributed by atoms with Crippen molar-refractivity contribution < 1.29 is 38.1 Å². The Balaban J connectivity index is 1.90. The molecule has 4 rings (SSSR count). The van der Waals surface area contributed by atoms with Gasteiger partial charge in [0.15, 0.2) is 22.9 Å². The van der Waals surface area contributed by atoms with E-state index in [-0.39, 0.29) is 18.4 Å². The summed E-state index contributed by atoms with van der Waals surface area (Å²) in [4.78, 5) is 24.2. The summed E-state index contributed by atoms with van der Waals surface area (Å²) in [6, 6.07) is 0. The molecule has 0 bridgehead atoms. The molecular formula is C22H25F3O5. The van der Waals surface area contributed by atoms with Gasteiger partial charge < -0.3 is 15.3 Å². The van der Waals surface area contributed by atoms with Crippen LogP contribution in [0.5, 0.6) is 0 Å². The molecule has 4 aliphatic rings. The normalized spacial score (nSPS) is 50.3. The van der Waals surface area contributed by atoms with Gasteiger partial charge in [-0.15, -0.1) is 0 Å². The summed E-state index contributed by atoms with van der Waals surface area (Å²) in [5, 5.41) is 31.7. The van der Waals surface area contributed by atoms with Crippen molar-refractivity contribution in [3.05, 3.63) is 35.7 Å². The van der Waals surface area contributed by atoms with Crippen molar-refractivity contribution >= 4 is 11.6 Å². The Kier molecular flexibility index (Phi) is 4.39. The summed E-state index contributed by atoms with van der Waals surface area (Å²) in [6.45, 7) is 5.57. The van der Waals surface area contributed by atoms with Gasteiger partial charge in [0.1, 0.15) is 12.8 Å². The minimum atomic E-state index is -2.53. The third-order valence-corrected chi connectivity index (χ3v) is 8.45. The first kappa shape index (κ1) is 21.5. The lowest BCUT2D eigenvalue weighted by molar-refractivity contribution is -0.220. The first-order valence-electron chi connectivity index (χ1n) is 10.00. The van der Waals surface area contributed by atoms with Gasteiger partial charge in [0.2, 0.25) is 5.78 Å². The Bertz CT molecular complexity index is 928. The average molecular weight is 426 g/mol. The van der Waals surface area contributed by atoms with Gasteiger partial charge in [-0.2, -0.15) is 0 Å². The number of aliphatic hydroxyl groups is 3. The van der Waals surface area contributed by atoms with Gasteiger partial charge in [0.05, 0.1) is 6.10 Å². The predicted octanol–water partition coefficient (Wildman–Crippen LogP) is 2.06. The molecule has 0 aromatic rings. The number of alkyl halides is 2. The zero-order valence-corrected chi connectivity index (χ0v) is 16.8.